The van der Waals surface area contributed by atoms with Crippen LogP contribution in [0.25, 0.3) is 0 Å². The van der Waals surface area contributed by atoms with Crippen molar-refractivity contribution in [2.75, 3.05) is 14.2 Å². The summed E-state index contributed by atoms with van der Waals surface area (Å²) in [6.07, 6.45) is -0.662. The first-order valence-corrected chi connectivity index (χ1v) is 4.65. The van der Waals surface area contributed by atoms with E-state index in [0.717, 1.165) is 5.56 Å². The maximum atomic E-state index is 9.79. The number of methoxy groups -OCH3 is 2. The van der Waals surface area contributed by atoms with Gasteiger partial charge in [-0.1, -0.05) is 12.6 Å². The fourth-order valence-corrected chi connectivity index (χ4v) is 1.31. The molecule has 3 nitrogen and oxygen atoms in total. The average Bonchev–Trinajstić information content (AvgIpc) is 2.26. The largest absolute Gasteiger partial charge is 0.493 e. The van der Waals surface area contributed by atoms with Gasteiger partial charge in [-0.3, -0.25) is 0 Å². The highest BCUT2D eigenvalue weighted by Crippen LogP contribution is 2.31. The Kier molecular flexibility index (Phi) is 3.74. The lowest BCUT2D eigenvalue weighted by molar-refractivity contribution is 0.215. The molecular formula is C12H16O3. The molecule has 0 heterocycles. The molecule has 1 atom stereocenters. The van der Waals surface area contributed by atoms with Gasteiger partial charge in [-0.05, 0) is 30.2 Å². The molecule has 0 radical (unpaired) electrons. The van der Waals surface area contributed by atoms with Crippen LogP contribution in [0, 0.1) is 0 Å². The summed E-state index contributed by atoms with van der Waals surface area (Å²) in [5, 5.41) is 9.79. The molecule has 1 unspecified atom stereocenters. The number of benzene rings is 1. The minimum absolute atomic E-state index is 0.607. The Balaban J connectivity index is 3.07. The first-order chi connectivity index (χ1) is 7.10. The lowest BCUT2D eigenvalue weighted by Gasteiger charge is -2.13. The van der Waals surface area contributed by atoms with Crippen molar-refractivity contribution in [1.29, 1.82) is 0 Å². The molecule has 82 valence electrons. The van der Waals surface area contributed by atoms with Gasteiger partial charge in [0.05, 0.1) is 20.3 Å². The van der Waals surface area contributed by atoms with Crippen LogP contribution in [0.5, 0.6) is 11.5 Å². The molecule has 1 N–H and O–H groups in total. The SMILES string of the molecule is C=C(C)C(O)c1ccc(OC)c(OC)c1. The Bertz CT molecular complexity index is 358. The van der Waals surface area contributed by atoms with E-state index in [4.69, 9.17) is 9.47 Å². The van der Waals surface area contributed by atoms with Crippen LogP contribution in [0.2, 0.25) is 0 Å². The van der Waals surface area contributed by atoms with E-state index < -0.39 is 6.10 Å². The molecule has 0 aliphatic heterocycles. The van der Waals surface area contributed by atoms with E-state index in [1.165, 1.54) is 0 Å². The molecule has 1 aromatic rings. The third-order valence-electron chi connectivity index (χ3n) is 2.19. The van der Waals surface area contributed by atoms with Crippen LogP contribution in [0.1, 0.15) is 18.6 Å². The third-order valence-corrected chi connectivity index (χ3v) is 2.19. The lowest BCUT2D eigenvalue weighted by Crippen LogP contribution is -1.99. The smallest absolute Gasteiger partial charge is 0.161 e. The van der Waals surface area contributed by atoms with Gasteiger partial charge in [0.15, 0.2) is 11.5 Å². The summed E-state index contributed by atoms with van der Waals surface area (Å²) in [5.41, 5.74) is 1.45. The summed E-state index contributed by atoms with van der Waals surface area (Å²) in [5.74, 6) is 1.26. The van der Waals surface area contributed by atoms with E-state index >= 15 is 0 Å². The molecule has 3 heteroatoms. The summed E-state index contributed by atoms with van der Waals surface area (Å²) in [4.78, 5) is 0. The highest BCUT2D eigenvalue weighted by molar-refractivity contribution is 5.44. The quantitative estimate of drug-likeness (QED) is 0.772. The monoisotopic (exact) mass is 208 g/mol. The third kappa shape index (κ3) is 2.50. The first kappa shape index (κ1) is 11.6. The molecule has 0 aromatic heterocycles. The highest BCUT2D eigenvalue weighted by atomic mass is 16.5. The van der Waals surface area contributed by atoms with Crippen molar-refractivity contribution in [3.05, 3.63) is 35.9 Å². The Labute approximate surface area is 90.0 Å². The molecule has 0 aliphatic carbocycles. The van der Waals surface area contributed by atoms with Crippen LogP contribution < -0.4 is 9.47 Å². The molecular weight excluding hydrogens is 192 g/mol. The Morgan fingerprint density at radius 2 is 1.87 bits per heavy atom. The summed E-state index contributed by atoms with van der Waals surface area (Å²) in [6.45, 7) is 5.49. The van der Waals surface area contributed by atoms with E-state index in [1.807, 2.05) is 0 Å². The molecule has 0 bridgehead atoms. The molecule has 0 amide bonds. The van der Waals surface area contributed by atoms with Crippen LogP contribution in [-0.2, 0) is 0 Å². The van der Waals surface area contributed by atoms with Crippen LogP contribution in [0.15, 0.2) is 30.4 Å². The zero-order valence-electron chi connectivity index (χ0n) is 9.28. The number of hydrogen-bond acceptors (Lipinski definition) is 3. The predicted molar refractivity (Wildman–Crippen MR) is 59.3 cm³/mol. The number of ether oxygens (including phenoxy) is 2. The second-order valence-electron chi connectivity index (χ2n) is 3.36. The molecule has 0 saturated heterocycles. The molecule has 1 aromatic carbocycles. The summed E-state index contributed by atoms with van der Waals surface area (Å²) in [6, 6.07) is 5.30. The van der Waals surface area contributed by atoms with Gasteiger partial charge in [0.1, 0.15) is 0 Å². The Morgan fingerprint density at radius 3 is 2.33 bits per heavy atom. The maximum Gasteiger partial charge on any atom is 0.161 e. The Hall–Kier alpha value is -1.48. The van der Waals surface area contributed by atoms with Crippen LogP contribution in [0.3, 0.4) is 0 Å². The van der Waals surface area contributed by atoms with Crippen LogP contribution >= 0.6 is 0 Å². The number of hydrogen-bond donors (Lipinski definition) is 1. The van der Waals surface area contributed by atoms with E-state index in [0.29, 0.717) is 17.1 Å². The van der Waals surface area contributed by atoms with Crippen molar-refractivity contribution in [3.63, 3.8) is 0 Å². The zero-order valence-corrected chi connectivity index (χ0v) is 9.28. The van der Waals surface area contributed by atoms with Crippen molar-refractivity contribution < 1.29 is 14.6 Å². The molecule has 0 spiro atoms. The van der Waals surface area contributed by atoms with Gasteiger partial charge in [0.25, 0.3) is 0 Å². The summed E-state index contributed by atoms with van der Waals surface area (Å²) in [7, 11) is 3.14. The van der Waals surface area contributed by atoms with Crippen molar-refractivity contribution >= 4 is 0 Å². The topological polar surface area (TPSA) is 38.7 Å². The van der Waals surface area contributed by atoms with Crippen molar-refractivity contribution in [3.8, 4) is 11.5 Å². The molecule has 0 aliphatic rings. The van der Waals surface area contributed by atoms with Gasteiger partial charge < -0.3 is 14.6 Å². The fourth-order valence-electron chi connectivity index (χ4n) is 1.31. The van der Waals surface area contributed by atoms with Gasteiger partial charge in [-0.15, -0.1) is 0 Å². The second-order valence-corrected chi connectivity index (χ2v) is 3.36. The van der Waals surface area contributed by atoms with Crippen molar-refractivity contribution in [1.82, 2.24) is 0 Å². The molecule has 0 fully saturated rings. The van der Waals surface area contributed by atoms with E-state index in [9.17, 15) is 5.11 Å². The van der Waals surface area contributed by atoms with Gasteiger partial charge in [-0.2, -0.15) is 0 Å². The van der Waals surface area contributed by atoms with Crippen molar-refractivity contribution in [2.45, 2.75) is 13.0 Å². The Morgan fingerprint density at radius 1 is 1.27 bits per heavy atom. The normalized spacial score (nSPS) is 12.0. The zero-order chi connectivity index (χ0) is 11.4. The molecule has 0 saturated carbocycles. The first-order valence-electron chi connectivity index (χ1n) is 4.65. The number of aliphatic hydroxyl groups excluding tert-OH is 1. The fraction of sp³-hybridized carbons (Fsp3) is 0.333. The summed E-state index contributed by atoms with van der Waals surface area (Å²) < 4.78 is 10.2. The van der Waals surface area contributed by atoms with Crippen molar-refractivity contribution in [2.24, 2.45) is 0 Å². The highest BCUT2D eigenvalue weighted by Gasteiger charge is 2.11. The minimum Gasteiger partial charge on any atom is -0.493 e. The van der Waals surface area contributed by atoms with Crippen LogP contribution in [0.4, 0.5) is 0 Å². The standard InChI is InChI=1S/C12H16O3/c1-8(2)12(13)9-5-6-10(14-3)11(7-9)15-4/h5-7,12-13H,1H2,2-4H3. The van der Waals surface area contributed by atoms with E-state index in [1.54, 1.807) is 39.3 Å². The van der Waals surface area contributed by atoms with E-state index in [-0.39, 0.29) is 0 Å². The average molecular weight is 208 g/mol. The summed E-state index contributed by atoms with van der Waals surface area (Å²) >= 11 is 0. The lowest BCUT2D eigenvalue weighted by atomic mass is 10.0. The number of aliphatic hydroxyl groups is 1. The van der Waals surface area contributed by atoms with Gasteiger partial charge in [0.2, 0.25) is 0 Å². The van der Waals surface area contributed by atoms with Gasteiger partial charge >= 0.3 is 0 Å². The predicted octanol–water partition coefficient (Wildman–Crippen LogP) is 2.31. The minimum atomic E-state index is -0.662. The van der Waals surface area contributed by atoms with Gasteiger partial charge in [-0.25, -0.2) is 0 Å². The maximum absolute atomic E-state index is 9.79. The number of rotatable bonds is 4. The molecule has 15 heavy (non-hydrogen) atoms. The molecule has 1 rings (SSSR count). The second kappa shape index (κ2) is 4.84. The van der Waals surface area contributed by atoms with Crippen LogP contribution in [-0.4, -0.2) is 19.3 Å². The van der Waals surface area contributed by atoms with Gasteiger partial charge in [0, 0.05) is 0 Å². The van der Waals surface area contributed by atoms with E-state index in [2.05, 4.69) is 6.58 Å².